The lowest BCUT2D eigenvalue weighted by atomic mass is 10.1. The average Bonchev–Trinajstić information content (AvgIpc) is 2.93. The highest BCUT2D eigenvalue weighted by atomic mass is 32.1. The zero-order valence-electron chi connectivity index (χ0n) is 11.6. The Balaban J connectivity index is 1.77. The molecule has 108 valence electrons. The van der Waals surface area contributed by atoms with Crippen LogP contribution in [0.3, 0.4) is 0 Å². The molecule has 5 heteroatoms. The number of thiocarbonyl (C=S) groups is 1. The summed E-state index contributed by atoms with van der Waals surface area (Å²) in [5.74, 6) is 2.19. The lowest BCUT2D eigenvalue weighted by Gasteiger charge is -2.12. The van der Waals surface area contributed by atoms with Crippen molar-refractivity contribution in [2.45, 2.75) is 13.5 Å². The average molecular weight is 301 g/mol. The number of ether oxygens (including phenoxy) is 3. The minimum absolute atomic E-state index is 0.267. The molecule has 0 bridgehead atoms. The summed E-state index contributed by atoms with van der Waals surface area (Å²) < 4.78 is 16.5. The predicted octanol–water partition coefficient (Wildman–Crippen LogP) is 2.94. The molecule has 1 aliphatic heterocycles. The minimum atomic E-state index is 0.267. The number of hydrogen-bond donors (Lipinski definition) is 1. The van der Waals surface area contributed by atoms with Crippen LogP contribution in [0.4, 0.5) is 0 Å². The van der Waals surface area contributed by atoms with Crippen molar-refractivity contribution in [2.24, 2.45) is 5.73 Å². The van der Waals surface area contributed by atoms with Crippen LogP contribution in [-0.2, 0) is 6.61 Å². The monoisotopic (exact) mass is 301 g/mol. The van der Waals surface area contributed by atoms with Crippen LogP contribution in [0.5, 0.6) is 17.2 Å². The third kappa shape index (κ3) is 2.92. The Morgan fingerprint density at radius 3 is 2.81 bits per heavy atom. The third-order valence-corrected chi connectivity index (χ3v) is 3.45. The maximum Gasteiger partial charge on any atom is 0.231 e. The first-order chi connectivity index (χ1) is 10.1. The van der Waals surface area contributed by atoms with Crippen molar-refractivity contribution in [3.8, 4) is 17.2 Å². The summed E-state index contributed by atoms with van der Waals surface area (Å²) >= 11 is 5.07. The molecule has 2 N–H and O–H groups in total. The standard InChI is InChI=1S/C16H15NO3S/c1-10-2-4-13(12(6-10)16(17)21)18-8-11-3-5-14-15(7-11)20-9-19-14/h2-7H,8-9H2,1H3,(H2,17,21). The van der Waals surface area contributed by atoms with Crippen LogP contribution < -0.4 is 19.9 Å². The van der Waals surface area contributed by atoms with Gasteiger partial charge in [0, 0.05) is 0 Å². The first-order valence-electron chi connectivity index (χ1n) is 6.55. The Kier molecular flexibility index (Phi) is 3.66. The molecule has 2 aromatic carbocycles. The van der Waals surface area contributed by atoms with E-state index < -0.39 is 0 Å². The molecule has 0 fully saturated rings. The topological polar surface area (TPSA) is 53.7 Å². The van der Waals surface area contributed by atoms with Crippen molar-refractivity contribution in [1.29, 1.82) is 0 Å². The van der Waals surface area contributed by atoms with E-state index in [1.807, 2.05) is 43.3 Å². The fraction of sp³-hybridized carbons (Fsp3) is 0.188. The van der Waals surface area contributed by atoms with E-state index in [1.54, 1.807) is 0 Å². The van der Waals surface area contributed by atoms with Gasteiger partial charge >= 0.3 is 0 Å². The largest absolute Gasteiger partial charge is 0.488 e. The van der Waals surface area contributed by atoms with Crippen LogP contribution in [-0.4, -0.2) is 11.8 Å². The number of rotatable bonds is 4. The van der Waals surface area contributed by atoms with Gasteiger partial charge in [0.25, 0.3) is 0 Å². The highest BCUT2D eigenvalue weighted by molar-refractivity contribution is 7.80. The SMILES string of the molecule is Cc1ccc(OCc2ccc3c(c2)OCO3)c(C(N)=S)c1. The first kappa shape index (κ1) is 13.7. The molecular weight excluding hydrogens is 286 g/mol. The van der Waals surface area contributed by atoms with E-state index in [0.29, 0.717) is 17.3 Å². The van der Waals surface area contributed by atoms with Crippen LogP contribution in [0, 0.1) is 6.92 Å². The van der Waals surface area contributed by atoms with Crippen LogP contribution in [0.1, 0.15) is 16.7 Å². The van der Waals surface area contributed by atoms with Gasteiger partial charge in [0.15, 0.2) is 11.5 Å². The maximum absolute atomic E-state index is 5.84. The molecule has 0 aliphatic carbocycles. The van der Waals surface area contributed by atoms with E-state index in [9.17, 15) is 0 Å². The molecule has 3 rings (SSSR count). The van der Waals surface area contributed by atoms with Crippen LogP contribution in [0.25, 0.3) is 0 Å². The Morgan fingerprint density at radius 1 is 1.19 bits per heavy atom. The summed E-state index contributed by atoms with van der Waals surface area (Å²) in [5.41, 5.74) is 8.58. The number of hydrogen-bond acceptors (Lipinski definition) is 4. The van der Waals surface area contributed by atoms with Gasteiger partial charge < -0.3 is 19.9 Å². The van der Waals surface area contributed by atoms with Gasteiger partial charge in [-0.05, 0) is 36.8 Å². The second-order valence-corrected chi connectivity index (χ2v) is 5.28. The number of aryl methyl sites for hydroxylation is 1. The molecule has 0 spiro atoms. The van der Waals surface area contributed by atoms with Gasteiger partial charge in [-0.15, -0.1) is 0 Å². The van der Waals surface area contributed by atoms with Crippen molar-refractivity contribution < 1.29 is 14.2 Å². The molecule has 0 aromatic heterocycles. The van der Waals surface area contributed by atoms with Gasteiger partial charge in [0.1, 0.15) is 17.3 Å². The first-order valence-corrected chi connectivity index (χ1v) is 6.96. The lowest BCUT2D eigenvalue weighted by Crippen LogP contribution is -2.12. The van der Waals surface area contributed by atoms with Crippen LogP contribution >= 0.6 is 12.2 Å². The Bertz CT molecular complexity index is 700. The highest BCUT2D eigenvalue weighted by Crippen LogP contribution is 2.33. The number of nitrogens with two attached hydrogens (primary N) is 1. The maximum atomic E-state index is 5.84. The normalized spacial score (nSPS) is 12.2. The predicted molar refractivity (Wildman–Crippen MR) is 84.0 cm³/mol. The van der Waals surface area contributed by atoms with Crippen molar-refractivity contribution in [2.75, 3.05) is 6.79 Å². The summed E-state index contributed by atoms with van der Waals surface area (Å²) in [6.07, 6.45) is 0. The second-order valence-electron chi connectivity index (χ2n) is 4.84. The summed E-state index contributed by atoms with van der Waals surface area (Å²) in [7, 11) is 0. The molecule has 1 aliphatic rings. The number of fused-ring (bicyclic) bond motifs is 1. The van der Waals surface area contributed by atoms with Gasteiger partial charge in [-0.3, -0.25) is 0 Å². The molecule has 0 amide bonds. The summed E-state index contributed by atoms with van der Waals surface area (Å²) in [6.45, 7) is 2.67. The molecule has 0 atom stereocenters. The van der Waals surface area contributed by atoms with E-state index in [1.165, 1.54) is 0 Å². The fourth-order valence-electron chi connectivity index (χ4n) is 2.15. The molecule has 2 aromatic rings. The van der Waals surface area contributed by atoms with Gasteiger partial charge in [0.2, 0.25) is 6.79 Å². The second kappa shape index (κ2) is 5.61. The molecule has 21 heavy (non-hydrogen) atoms. The zero-order valence-corrected chi connectivity index (χ0v) is 12.4. The minimum Gasteiger partial charge on any atom is -0.488 e. The smallest absolute Gasteiger partial charge is 0.231 e. The summed E-state index contributed by atoms with van der Waals surface area (Å²) in [4.78, 5) is 0.333. The third-order valence-electron chi connectivity index (χ3n) is 3.23. The Morgan fingerprint density at radius 2 is 2.00 bits per heavy atom. The quantitative estimate of drug-likeness (QED) is 0.880. The number of benzene rings is 2. The van der Waals surface area contributed by atoms with Gasteiger partial charge in [0.05, 0.1) is 5.56 Å². The molecule has 0 radical (unpaired) electrons. The van der Waals surface area contributed by atoms with Crippen molar-refractivity contribution in [3.05, 3.63) is 53.1 Å². The molecule has 0 unspecified atom stereocenters. The Hall–Kier alpha value is -2.27. The molecule has 4 nitrogen and oxygen atoms in total. The Labute approximate surface area is 128 Å². The van der Waals surface area contributed by atoms with Gasteiger partial charge in [-0.1, -0.05) is 29.9 Å². The van der Waals surface area contributed by atoms with E-state index in [4.69, 9.17) is 32.2 Å². The molecule has 1 heterocycles. The van der Waals surface area contributed by atoms with Crippen molar-refractivity contribution >= 4 is 17.2 Å². The molecule has 0 saturated heterocycles. The van der Waals surface area contributed by atoms with E-state index in [2.05, 4.69) is 0 Å². The van der Waals surface area contributed by atoms with E-state index in [0.717, 1.165) is 28.2 Å². The zero-order chi connectivity index (χ0) is 14.8. The summed E-state index contributed by atoms with van der Waals surface area (Å²) in [5, 5.41) is 0. The molecular formula is C16H15NO3S. The van der Waals surface area contributed by atoms with Crippen molar-refractivity contribution in [1.82, 2.24) is 0 Å². The van der Waals surface area contributed by atoms with Crippen molar-refractivity contribution in [3.63, 3.8) is 0 Å². The molecule has 0 saturated carbocycles. The lowest BCUT2D eigenvalue weighted by molar-refractivity contribution is 0.174. The van der Waals surface area contributed by atoms with E-state index >= 15 is 0 Å². The van der Waals surface area contributed by atoms with Gasteiger partial charge in [-0.25, -0.2) is 0 Å². The van der Waals surface area contributed by atoms with Crippen LogP contribution in [0.15, 0.2) is 36.4 Å². The summed E-state index contributed by atoms with van der Waals surface area (Å²) in [6, 6.07) is 11.5. The fourth-order valence-corrected chi connectivity index (χ4v) is 2.31. The van der Waals surface area contributed by atoms with Gasteiger partial charge in [-0.2, -0.15) is 0 Å². The highest BCUT2D eigenvalue weighted by Gasteiger charge is 2.14. The van der Waals surface area contributed by atoms with Crippen LogP contribution in [0.2, 0.25) is 0 Å². The van der Waals surface area contributed by atoms with E-state index in [-0.39, 0.29) is 6.79 Å².